The van der Waals surface area contributed by atoms with E-state index in [1.165, 1.54) is 24.5 Å². The van der Waals surface area contributed by atoms with E-state index in [1.807, 2.05) is 20.8 Å². The first kappa shape index (κ1) is 27.2. The van der Waals surface area contributed by atoms with Crippen LogP contribution in [0.2, 0.25) is 0 Å². The van der Waals surface area contributed by atoms with Gasteiger partial charge >= 0.3 is 0 Å². The Labute approximate surface area is 218 Å². The number of ether oxygens (including phenoxy) is 1. The lowest BCUT2D eigenvalue weighted by Crippen LogP contribution is -2.62. The van der Waals surface area contributed by atoms with Crippen molar-refractivity contribution in [1.82, 2.24) is 25.0 Å². The van der Waals surface area contributed by atoms with Crippen LogP contribution in [0.5, 0.6) is 11.6 Å². The number of likely N-dealkylation sites (tertiary alicyclic amines) is 1. The monoisotopic (exact) mass is 514 g/mol. The number of aliphatic hydroxyl groups is 1. The van der Waals surface area contributed by atoms with Gasteiger partial charge in [-0.2, -0.15) is 0 Å². The number of amides is 1. The highest BCUT2D eigenvalue weighted by atomic mass is 19.1. The highest BCUT2D eigenvalue weighted by Crippen LogP contribution is 2.44. The van der Waals surface area contributed by atoms with Gasteiger partial charge in [0.15, 0.2) is 5.82 Å². The molecule has 0 radical (unpaired) electrons. The van der Waals surface area contributed by atoms with Gasteiger partial charge in [0.25, 0.3) is 11.8 Å². The first-order valence-corrected chi connectivity index (χ1v) is 13.2. The van der Waals surface area contributed by atoms with E-state index in [0.29, 0.717) is 24.3 Å². The first-order chi connectivity index (χ1) is 17.7. The van der Waals surface area contributed by atoms with Crippen LogP contribution in [0.1, 0.15) is 57.8 Å². The lowest BCUT2D eigenvalue weighted by molar-refractivity contribution is -0.0376. The molecule has 0 saturated carbocycles. The lowest BCUT2D eigenvalue weighted by Gasteiger charge is -2.52. The van der Waals surface area contributed by atoms with Gasteiger partial charge in [0.1, 0.15) is 17.9 Å². The second-order valence-electron chi connectivity index (χ2n) is 10.9. The number of rotatable bonds is 10. The Kier molecular flexibility index (Phi) is 8.28. The van der Waals surface area contributed by atoms with Crippen LogP contribution in [0, 0.1) is 17.2 Å². The van der Waals surface area contributed by atoms with Crippen LogP contribution in [-0.2, 0) is 0 Å². The minimum atomic E-state index is -0.509. The fraction of sp³-hybridized carbons (Fsp3) is 0.630. The predicted octanol–water partition coefficient (Wildman–Crippen LogP) is 3.59. The standard InChI is InChI=1S/C27H39FN6O3/c1-6-34(19(4)5)26(36)21-13-20(28)7-8-23(21)37-25-24(29-17-30-31-25)32-11-10-27(14-32)15-33(16-27)22(9-12-35)18(2)3/h7-8,13,17-19,22,35H,6,9-12,14-16H2,1-5H3. The molecular formula is C27H39FN6O3. The molecular weight excluding hydrogens is 475 g/mol. The molecule has 1 N–H and O–H groups in total. The molecule has 1 aromatic heterocycles. The summed E-state index contributed by atoms with van der Waals surface area (Å²) in [5.41, 5.74) is 0.309. The molecule has 10 heteroatoms. The molecule has 2 aliphatic rings. The summed E-state index contributed by atoms with van der Waals surface area (Å²) in [6, 6.07) is 4.27. The molecule has 0 bridgehead atoms. The Balaban J connectivity index is 1.52. The minimum absolute atomic E-state index is 0.0436. The molecule has 1 spiro atoms. The number of anilines is 1. The largest absolute Gasteiger partial charge is 0.434 e. The zero-order valence-corrected chi connectivity index (χ0v) is 22.5. The number of benzene rings is 1. The number of aliphatic hydroxyl groups excluding tert-OH is 1. The van der Waals surface area contributed by atoms with Gasteiger partial charge in [-0.15, -0.1) is 10.2 Å². The van der Waals surface area contributed by atoms with Gasteiger partial charge in [-0.3, -0.25) is 9.69 Å². The van der Waals surface area contributed by atoms with E-state index in [9.17, 15) is 14.3 Å². The first-order valence-electron chi connectivity index (χ1n) is 13.2. The smallest absolute Gasteiger partial charge is 0.282 e. The molecule has 1 aromatic carbocycles. The van der Waals surface area contributed by atoms with Crippen LogP contribution in [0.25, 0.3) is 0 Å². The predicted molar refractivity (Wildman–Crippen MR) is 139 cm³/mol. The third-order valence-electron chi connectivity index (χ3n) is 7.65. The topological polar surface area (TPSA) is 94.9 Å². The second kappa shape index (κ2) is 11.3. The maximum atomic E-state index is 14.2. The molecule has 0 aliphatic carbocycles. The Morgan fingerprint density at radius 3 is 2.65 bits per heavy atom. The van der Waals surface area contributed by atoms with E-state index < -0.39 is 5.82 Å². The molecule has 2 aliphatic heterocycles. The number of hydrogen-bond donors (Lipinski definition) is 1. The maximum absolute atomic E-state index is 14.2. The zero-order valence-electron chi connectivity index (χ0n) is 22.5. The van der Waals surface area contributed by atoms with Gasteiger partial charge in [0.2, 0.25) is 0 Å². The molecule has 1 unspecified atom stereocenters. The normalized spacial score (nSPS) is 17.9. The average molecular weight is 515 g/mol. The van der Waals surface area contributed by atoms with Crippen LogP contribution >= 0.6 is 0 Å². The van der Waals surface area contributed by atoms with E-state index in [2.05, 4.69) is 38.8 Å². The fourth-order valence-corrected chi connectivity index (χ4v) is 5.80. The third kappa shape index (κ3) is 5.70. The van der Waals surface area contributed by atoms with E-state index in [1.54, 1.807) is 4.90 Å². The van der Waals surface area contributed by atoms with E-state index in [4.69, 9.17) is 4.74 Å². The summed E-state index contributed by atoms with van der Waals surface area (Å²) in [5, 5.41) is 17.6. The maximum Gasteiger partial charge on any atom is 0.282 e. The van der Waals surface area contributed by atoms with E-state index >= 15 is 0 Å². The molecule has 2 fully saturated rings. The fourth-order valence-electron chi connectivity index (χ4n) is 5.80. The van der Waals surface area contributed by atoms with Gasteiger partial charge < -0.3 is 19.6 Å². The van der Waals surface area contributed by atoms with Crippen molar-refractivity contribution >= 4 is 11.7 Å². The van der Waals surface area contributed by atoms with Crippen molar-refractivity contribution in [3.8, 4) is 11.6 Å². The quantitative estimate of drug-likeness (QED) is 0.514. The molecule has 37 heavy (non-hydrogen) atoms. The number of nitrogens with zero attached hydrogens (tertiary/aromatic N) is 6. The average Bonchev–Trinajstić information content (AvgIpc) is 3.29. The number of carbonyl (C=O) groups is 1. The highest BCUT2D eigenvalue weighted by molar-refractivity contribution is 5.97. The number of carbonyl (C=O) groups excluding carboxylic acids is 1. The minimum Gasteiger partial charge on any atom is -0.434 e. The molecule has 2 aromatic rings. The molecule has 202 valence electrons. The summed E-state index contributed by atoms with van der Waals surface area (Å²) >= 11 is 0. The summed E-state index contributed by atoms with van der Waals surface area (Å²) in [6.45, 7) is 14.4. The van der Waals surface area contributed by atoms with Crippen molar-refractivity contribution in [3.05, 3.63) is 35.9 Å². The van der Waals surface area contributed by atoms with Crippen LogP contribution in [0.4, 0.5) is 10.2 Å². The Hall–Kier alpha value is -2.85. The number of halogens is 1. The van der Waals surface area contributed by atoms with Gasteiger partial charge in [-0.25, -0.2) is 9.37 Å². The zero-order chi connectivity index (χ0) is 26.7. The molecule has 1 atom stereocenters. The van der Waals surface area contributed by atoms with Crippen LogP contribution in [0.3, 0.4) is 0 Å². The van der Waals surface area contributed by atoms with Gasteiger partial charge in [-0.1, -0.05) is 13.8 Å². The van der Waals surface area contributed by atoms with Crippen molar-refractivity contribution < 1.29 is 19.0 Å². The summed E-state index contributed by atoms with van der Waals surface area (Å²) in [7, 11) is 0. The number of aromatic nitrogens is 3. The molecule has 3 heterocycles. The highest BCUT2D eigenvalue weighted by Gasteiger charge is 2.50. The molecule has 1 amide bonds. The molecule has 2 saturated heterocycles. The van der Waals surface area contributed by atoms with Crippen molar-refractivity contribution in [3.63, 3.8) is 0 Å². The Morgan fingerprint density at radius 2 is 2.00 bits per heavy atom. The summed E-state index contributed by atoms with van der Waals surface area (Å²) in [5.74, 6) is 0.665. The lowest BCUT2D eigenvalue weighted by atomic mass is 9.76. The van der Waals surface area contributed by atoms with Gasteiger partial charge in [-0.05, 0) is 57.7 Å². The molecule has 4 rings (SSSR count). The van der Waals surface area contributed by atoms with Gasteiger partial charge in [0, 0.05) is 56.8 Å². The van der Waals surface area contributed by atoms with Crippen molar-refractivity contribution in [1.29, 1.82) is 0 Å². The summed E-state index contributed by atoms with van der Waals surface area (Å²) < 4.78 is 20.3. The van der Waals surface area contributed by atoms with Crippen molar-refractivity contribution in [2.45, 2.75) is 59.5 Å². The van der Waals surface area contributed by atoms with Crippen LogP contribution < -0.4 is 9.64 Å². The van der Waals surface area contributed by atoms with Crippen molar-refractivity contribution in [2.24, 2.45) is 11.3 Å². The Morgan fingerprint density at radius 1 is 1.24 bits per heavy atom. The van der Waals surface area contributed by atoms with E-state index in [-0.39, 0.29) is 41.2 Å². The second-order valence-corrected chi connectivity index (χ2v) is 10.9. The molecule has 9 nitrogen and oxygen atoms in total. The number of hydrogen-bond acceptors (Lipinski definition) is 8. The Bertz CT molecular complexity index is 1090. The summed E-state index contributed by atoms with van der Waals surface area (Å²) in [6.07, 6.45) is 3.21. The van der Waals surface area contributed by atoms with Crippen LogP contribution in [0.15, 0.2) is 24.5 Å². The SMILES string of the molecule is CCN(C(=O)c1cc(F)ccc1Oc1nncnc1N1CCC2(C1)CN(C(CCO)C(C)C)C2)C(C)C. The third-order valence-corrected chi connectivity index (χ3v) is 7.65. The van der Waals surface area contributed by atoms with E-state index in [0.717, 1.165) is 39.0 Å². The van der Waals surface area contributed by atoms with Crippen LogP contribution in [-0.4, -0.2) is 87.4 Å². The summed E-state index contributed by atoms with van der Waals surface area (Å²) in [4.78, 5) is 24.0. The van der Waals surface area contributed by atoms with Gasteiger partial charge in [0.05, 0.1) is 5.56 Å². The van der Waals surface area contributed by atoms with Crippen molar-refractivity contribution in [2.75, 3.05) is 44.2 Å².